The average Bonchev–Trinajstić information content (AvgIpc) is 2.53. The van der Waals surface area contributed by atoms with E-state index in [2.05, 4.69) is 16.4 Å². The summed E-state index contributed by atoms with van der Waals surface area (Å²) in [6.45, 7) is 0.485. The van der Waals surface area contributed by atoms with Crippen LogP contribution in [-0.2, 0) is 6.42 Å². The van der Waals surface area contributed by atoms with Crippen molar-refractivity contribution >= 4 is 5.82 Å². The minimum atomic E-state index is -0.274. The number of benzene rings is 1. The van der Waals surface area contributed by atoms with Crippen LogP contribution in [0.25, 0.3) is 0 Å². The van der Waals surface area contributed by atoms with E-state index in [1.54, 1.807) is 30.5 Å². The van der Waals surface area contributed by atoms with Gasteiger partial charge in [0.05, 0.1) is 5.56 Å². The summed E-state index contributed by atoms with van der Waals surface area (Å²) in [6.07, 6.45) is 2.23. The van der Waals surface area contributed by atoms with E-state index in [0.717, 1.165) is 5.56 Å². The maximum Gasteiger partial charge on any atom is 0.143 e. The molecule has 0 radical (unpaired) electrons. The molecule has 0 fully saturated rings. The number of rotatable bonds is 6. The molecule has 21 heavy (non-hydrogen) atoms. The molecule has 1 heterocycles. The fourth-order valence-electron chi connectivity index (χ4n) is 2.03. The van der Waals surface area contributed by atoms with E-state index < -0.39 is 0 Å². The molecule has 0 saturated heterocycles. The first-order valence-electron chi connectivity index (χ1n) is 6.67. The first kappa shape index (κ1) is 14.9. The quantitative estimate of drug-likeness (QED) is 0.855. The van der Waals surface area contributed by atoms with Gasteiger partial charge in [-0.05, 0) is 36.2 Å². The second-order valence-electron chi connectivity index (χ2n) is 4.77. The molecule has 0 amide bonds. The largest absolute Gasteiger partial charge is 0.396 e. The SMILES string of the molecule is N#Cc1cccnc1NC[C@@H](CO)Cc1ccc(F)cc1. The van der Waals surface area contributed by atoms with E-state index in [4.69, 9.17) is 5.26 Å². The van der Waals surface area contributed by atoms with Gasteiger partial charge in [0.2, 0.25) is 0 Å². The minimum absolute atomic E-state index is 0.000896. The van der Waals surface area contributed by atoms with Gasteiger partial charge in [-0.15, -0.1) is 0 Å². The van der Waals surface area contributed by atoms with Crippen molar-refractivity contribution in [2.75, 3.05) is 18.5 Å². The second-order valence-corrected chi connectivity index (χ2v) is 4.77. The van der Waals surface area contributed by atoms with Crippen molar-refractivity contribution in [3.8, 4) is 6.07 Å². The van der Waals surface area contributed by atoms with E-state index in [-0.39, 0.29) is 18.3 Å². The van der Waals surface area contributed by atoms with Crippen molar-refractivity contribution in [3.63, 3.8) is 0 Å². The lowest BCUT2D eigenvalue weighted by molar-refractivity contribution is 0.232. The Balaban J connectivity index is 1.96. The van der Waals surface area contributed by atoms with Crippen LogP contribution in [0.3, 0.4) is 0 Å². The van der Waals surface area contributed by atoms with E-state index in [1.807, 2.05) is 0 Å². The summed E-state index contributed by atoms with van der Waals surface area (Å²) >= 11 is 0. The van der Waals surface area contributed by atoms with Crippen LogP contribution in [0.2, 0.25) is 0 Å². The Morgan fingerprint density at radius 2 is 2.05 bits per heavy atom. The lowest BCUT2D eigenvalue weighted by Crippen LogP contribution is -2.21. The van der Waals surface area contributed by atoms with Gasteiger partial charge in [0.25, 0.3) is 0 Å². The molecule has 0 aliphatic rings. The number of aliphatic hydroxyl groups is 1. The number of aliphatic hydroxyl groups excluding tert-OH is 1. The summed E-state index contributed by atoms with van der Waals surface area (Å²) < 4.78 is 12.9. The van der Waals surface area contributed by atoms with Gasteiger partial charge in [0.1, 0.15) is 17.7 Å². The van der Waals surface area contributed by atoms with Gasteiger partial charge >= 0.3 is 0 Å². The van der Waals surface area contributed by atoms with Crippen molar-refractivity contribution in [3.05, 3.63) is 59.5 Å². The van der Waals surface area contributed by atoms with Crippen LogP contribution in [0.4, 0.5) is 10.2 Å². The molecule has 4 nitrogen and oxygen atoms in total. The zero-order valence-corrected chi connectivity index (χ0v) is 11.5. The number of aromatic nitrogens is 1. The van der Waals surface area contributed by atoms with Crippen LogP contribution in [0.5, 0.6) is 0 Å². The number of nitrogens with one attached hydrogen (secondary N) is 1. The van der Waals surface area contributed by atoms with Crippen LogP contribution in [0.1, 0.15) is 11.1 Å². The van der Waals surface area contributed by atoms with Gasteiger partial charge in [0, 0.05) is 25.3 Å². The van der Waals surface area contributed by atoms with Gasteiger partial charge in [-0.1, -0.05) is 12.1 Å². The number of pyridine rings is 1. The predicted molar refractivity (Wildman–Crippen MR) is 78.1 cm³/mol. The Labute approximate surface area is 122 Å². The molecule has 2 aromatic rings. The van der Waals surface area contributed by atoms with Crippen LogP contribution in [0.15, 0.2) is 42.6 Å². The smallest absolute Gasteiger partial charge is 0.143 e. The third-order valence-corrected chi connectivity index (χ3v) is 3.18. The third kappa shape index (κ3) is 4.26. The minimum Gasteiger partial charge on any atom is -0.396 e. The number of hydrogen-bond donors (Lipinski definition) is 2. The normalized spacial score (nSPS) is 11.7. The summed E-state index contributed by atoms with van der Waals surface area (Å²) in [7, 11) is 0. The van der Waals surface area contributed by atoms with Gasteiger partial charge in [-0.2, -0.15) is 5.26 Å². The molecule has 2 rings (SSSR count). The van der Waals surface area contributed by atoms with Gasteiger partial charge in [-0.25, -0.2) is 9.37 Å². The Kier molecular flexibility index (Phi) is 5.24. The standard InChI is InChI=1S/C16H16FN3O/c17-15-5-3-12(4-6-15)8-13(11-21)10-20-16-14(9-18)2-1-7-19-16/h1-7,13,21H,8,10-11H2,(H,19,20)/t13-/m0/s1. The summed E-state index contributed by atoms with van der Waals surface area (Å²) in [4.78, 5) is 4.11. The maximum atomic E-state index is 12.9. The summed E-state index contributed by atoms with van der Waals surface area (Å²) in [5, 5.41) is 21.5. The lowest BCUT2D eigenvalue weighted by Gasteiger charge is -2.16. The summed E-state index contributed by atoms with van der Waals surface area (Å²) in [5.41, 5.74) is 1.43. The van der Waals surface area contributed by atoms with Crippen molar-refractivity contribution < 1.29 is 9.50 Å². The molecular weight excluding hydrogens is 269 g/mol. The van der Waals surface area contributed by atoms with E-state index in [0.29, 0.717) is 24.3 Å². The highest BCUT2D eigenvalue weighted by Gasteiger charge is 2.10. The van der Waals surface area contributed by atoms with Gasteiger partial charge in [-0.3, -0.25) is 0 Å². The molecular formula is C16H16FN3O. The summed E-state index contributed by atoms with van der Waals surface area (Å²) in [6, 6.07) is 11.7. The Bertz CT molecular complexity index is 622. The first-order valence-corrected chi connectivity index (χ1v) is 6.67. The van der Waals surface area contributed by atoms with Crippen LogP contribution >= 0.6 is 0 Å². The van der Waals surface area contributed by atoms with Crippen molar-refractivity contribution in [2.24, 2.45) is 5.92 Å². The molecule has 2 N–H and O–H groups in total. The lowest BCUT2D eigenvalue weighted by atomic mass is 10.00. The molecule has 0 aliphatic carbocycles. The molecule has 108 valence electrons. The second kappa shape index (κ2) is 7.36. The number of halogens is 1. The topological polar surface area (TPSA) is 68.9 Å². The third-order valence-electron chi connectivity index (χ3n) is 3.18. The van der Waals surface area contributed by atoms with Gasteiger partial charge < -0.3 is 10.4 Å². The highest BCUT2D eigenvalue weighted by molar-refractivity contribution is 5.51. The molecule has 1 atom stereocenters. The van der Waals surface area contributed by atoms with Crippen LogP contribution < -0.4 is 5.32 Å². The molecule has 0 unspecified atom stereocenters. The van der Waals surface area contributed by atoms with Crippen molar-refractivity contribution in [2.45, 2.75) is 6.42 Å². The maximum absolute atomic E-state index is 12.9. The number of hydrogen-bond acceptors (Lipinski definition) is 4. The monoisotopic (exact) mass is 285 g/mol. The highest BCUT2D eigenvalue weighted by atomic mass is 19.1. The fourth-order valence-corrected chi connectivity index (χ4v) is 2.03. The Morgan fingerprint density at radius 3 is 2.71 bits per heavy atom. The number of anilines is 1. The number of nitriles is 1. The van der Waals surface area contributed by atoms with E-state index >= 15 is 0 Å². The molecule has 0 saturated carbocycles. The van der Waals surface area contributed by atoms with E-state index in [1.165, 1.54) is 12.1 Å². The van der Waals surface area contributed by atoms with Crippen LogP contribution in [0, 0.1) is 23.1 Å². The highest BCUT2D eigenvalue weighted by Crippen LogP contribution is 2.13. The molecule has 0 bridgehead atoms. The van der Waals surface area contributed by atoms with Crippen molar-refractivity contribution in [1.29, 1.82) is 5.26 Å². The molecule has 0 aliphatic heterocycles. The number of nitrogens with zero attached hydrogens (tertiary/aromatic N) is 2. The average molecular weight is 285 g/mol. The van der Waals surface area contributed by atoms with Crippen molar-refractivity contribution in [1.82, 2.24) is 4.98 Å². The zero-order chi connectivity index (χ0) is 15.1. The molecule has 1 aromatic heterocycles. The fraction of sp³-hybridized carbons (Fsp3) is 0.250. The zero-order valence-electron chi connectivity index (χ0n) is 11.5. The molecule has 5 heteroatoms. The van der Waals surface area contributed by atoms with Crippen LogP contribution in [-0.4, -0.2) is 23.2 Å². The molecule has 1 aromatic carbocycles. The molecule has 0 spiro atoms. The van der Waals surface area contributed by atoms with E-state index in [9.17, 15) is 9.50 Å². The summed E-state index contributed by atoms with van der Waals surface area (Å²) in [5.74, 6) is 0.200. The first-order chi connectivity index (χ1) is 10.2. The van der Waals surface area contributed by atoms with Gasteiger partial charge in [0.15, 0.2) is 0 Å². The Hall–Kier alpha value is -2.45. The Morgan fingerprint density at radius 1 is 1.29 bits per heavy atom. The predicted octanol–water partition coefficient (Wildman–Crippen LogP) is 2.36.